The molecule has 1 saturated heterocycles. The van der Waals surface area contributed by atoms with Gasteiger partial charge in [-0.2, -0.15) is 0 Å². The van der Waals surface area contributed by atoms with Crippen molar-refractivity contribution in [1.82, 2.24) is 10.4 Å². The van der Waals surface area contributed by atoms with E-state index in [4.69, 9.17) is 4.74 Å². The molecule has 0 aliphatic carbocycles. The number of hydrogen-bond acceptors (Lipinski definition) is 4. The number of nitrogens with one attached hydrogen (secondary N) is 1. The molecule has 2 aromatic rings. The van der Waals surface area contributed by atoms with E-state index < -0.39 is 17.8 Å². The normalized spacial score (nSPS) is 16.9. The number of hydrogen-bond donors (Lipinski definition) is 1. The zero-order chi connectivity index (χ0) is 18.5. The molecule has 26 heavy (non-hydrogen) atoms. The summed E-state index contributed by atoms with van der Waals surface area (Å²) >= 11 is 0. The van der Waals surface area contributed by atoms with E-state index in [-0.39, 0.29) is 24.8 Å². The molecular weight excluding hydrogens is 332 g/mol. The molecule has 134 valence electrons. The van der Waals surface area contributed by atoms with Gasteiger partial charge < -0.3 is 4.74 Å². The Hall–Kier alpha value is -3.15. The number of rotatable bonds is 4. The maximum absolute atomic E-state index is 13.3. The number of carbonyl (C=O) groups excluding carboxylic acids is 3. The van der Waals surface area contributed by atoms with Crippen molar-refractivity contribution in [3.05, 3.63) is 71.8 Å². The number of hydrazine groups is 1. The van der Waals surface area contributed by atoms with Crippen LogP contribution >= 0.6 is 0 Å². The molecule has 0 saturated carbocycles. The van der Waals surface area contributed by atoms with Crippen LogP contribution in [0.1, 0.15) is 23.5 Å². The summed E-state index contributed by atoms with van der Waals surface area (Å²) in [5, 5.41) is 1.23. The minimum atomic E-state index is -0.662. The molecule has 2 aromatic carbocycles. The van der Waals surface area contributed by atoms with Gasteiger partial charge >= 0.3 is 5.97 Å². The molecule has 1 aliphatic heterocycles. The van der Waals surface area contributed by atoms with Gasteiger partial charge in [0.15, 0.2) is 0 Å². The molecule has 0 spiro atoms. The van der Waals surface area contributed by atoms with Gasteiger partial charge in [-0.3, -0.25) is 24.8 Å². The summed E-state index contributed by atoms with van der Waals surface area (Å²) in [5.74, 6) is -2.39. The first-order chi connectivity index (χ1) is 12.6. The van der Waals surface area contributed by atoms with Gasteiger partial charge in [-0.1, -0.05) is 60.7 Å². The Balaban J connectivity index is 1.92. The van der Waals surface area contributed by atoms with Crippen LogP contribution in [0.4, 0.5) is 0 Å². The van der Waals surface area contributed by atoms with Crippen molar-refractivity contribution in [2.24, 2.45) is 5.92 Å². The molecular formula is C20H20N2O4. The largest absolute Gasteiger partial charge is 0.469 e. The summed E-state index contributed by atoms with van der Waals surface area (Å²) in [7, 11) is 1.28. The van der Waals surface area contributed by atoms with Crippen LogP contribution in [0.15, 0.2) is 60.7 Å². The first-order valence-corrected chi connectivity index (χ1v) is 8.38. The Morgan fingerprint density at radius 2 is 1.58 bits per heavy atom. The van der Waals surface area contributed by atoms with E-state index in [0.29, 0.717) is 0 Å². The summed E-state index contributed by atoms with van der Waals surface area (Å²) in [6.07, 6.45) is 0.0117. The van der Waals surface area contributed by atoms with E-state index in [1.807, 2.05) is 60.7 Å². The Bertz CT molecular complexity index is 752. The first kappa shape index (κ1) is 17.7. The highest BCUT2D eigenvalue weighted by Gasteiger charge is 2.36. The van der Waals surface area contributed by atoms with E-state index in [9.17, 15) is 14.4 Å². The van der Waals surface area contributed by atoms with Crippen LogP contribution in [0, 0.1) is 5.92 Å². The third-order valence-corrected chi connectivity index (χ3v) is 4.41. The highest BCUT2D eigenvalue weighted by atomic mass is 16.5. The molecule has 6 heteroatoms. The van der Waals surface area contributed by atoms with Crippen molar-refractivity contribution in [2.45, 2.75) is 12.3 Å². The monoisotopic (exact) mass is 352 g/mol. The molecule has 0 aromatic heterocycles. The minimum Gasteiger partial charge on any atom is -0.469 e. The van der Waals surface area contributed by atoms with Crippen LogP contribution in [-0.4, -0.2) is 36.4 Å². The summed E-state index contributed by atoms with van der Waals surface area (Å²) in [6.45, 7) is 0.0907. The third kappa shape index (κ3) is 3.74. The fraction of sp³-hybridized carbons (Fsp3) is 0.250. The summed E-state index contributed by atoms with van der Waals surface area (Å²) < 4.78 is 4.74. The van der Waals surface area contributed by atoms with Crippen LogP contribution in [0.3, 0.4) is 0 Å². The fourth-order valence-electron chi connectivity index (χ4n) is 3.14. The Morgan fingerprint density at radius 1 is 1.04 bits per heavy atom. The average molecular weight is 352 g/mol. The fourth-order valence-corrected chi connectivity index (χ4v) is 3.14. The van der Waals surface area contributed by atoms with Crippen LogP contribution in [0.25, 0.3) is 0 Å². The molecule has 1 heterocycles. The minimum absolute atomic E-state index is 0.0117. The molecule has 6 nitrogen and oxygen atoms in total. The number of benzene rings is 2. The number of amides is 2. The predicted molar refractivity (Wildman–Crippen MR) is 94.7 cm³/mol. The summed E-state index contributed by atoms with van der Waals surface area (Å²) in [6, 6.07) is 18.7. The third-order valence-electron chi connectivity index (χ3n) is 4.41. The van der Waals surface area contributed by atoms with E-state index >= 15 is 0 Å². The first-order valence-electron chi connectivity index (χ1n) is 8.38. The van der Waals surface area contributed by atoms with E-state index in [0.717, 1.165) is 11.1 Å². The number of carbonyl (C=O) groups is 3. The smallest absolute Gasteiger partial charge is 0.311 e. The van der Waals surface area contributed by atoms with Crippen LogP contribution < -0.4 is 5.43 Å². The zero-order valence-corrected chi connectivity index (χ0v) is 14.4. The van der Waals surface area contributed by atoms with Gasteiger partial charge in [0.1, 0.15) is 0 Å². The summed E-state index contributed by atoms with van der Waals surface area (Å²) in [5.41, 5.74) is 4.22. The standard InChI is InChI=1S/C20H20N2O4/c1-26-20(25)16-12-17(23)21-22(13-16)19(24)18(14-8-4-2-5-9-14)15-10-6-3-7-11-15/h2-11,16,18H,12-13H2,1H3,(H,21,23). The highest BCUT2D eigenvalue weighted by molar-refractivity contribution is 5.92. The highest BCUT2D eigenvalue weighted by Crippen LogP contribution is 2.27. The van der Waals surface area contributed by atoms with Crippen molar-refractivity contribution in [1.29, 1.82) is 0 Å². The predicted octanol–water partition coefficient (Wildman–Crippen LogP) is 1.87. The topological polar surface area (TPSA) is 75.7 Å². The van der Waals surface area contributed by atoms with Crippen molar-refractivity contribution in [3.63, 3.8) is 0 Å². The second-order valence-electron chi connectivity index (χ2n) is 6.16. The number of nitrogens with zero attached hydrogens (tertiary/aromatic N) is 1. The molecule has 1 fully saturated rings. The molecule has 1 aliphatic rings. The van der Waals surface area contributed by atoms with Gasteiger partial charge in [0, 0.05) is 6.42 Å². The Kier molecular flexibility index (Phi) is 5.31. The van der Waals surface area contributed by atoms with Gasteiger partial charge in [-0.15, -0.1) is 0 Å². The van der Waals surface area contributed by atoms with Gasteiger partial charge in [0.25, 0.3) is 5.91 Å². The van der Waals surface area contributed by atoms with Crippen LogP contribution in [-0.2, 0) is 19.1 Å². The van der Waals surface area contributed by atoms with Crippen LogP contribution in [0.5, 0.6) is 0 Å². The molecule has 3 rings (SSSR count). The molecule has 2 amide bonds. The van der Waals surface area contributed by atoms with Crippen molar-refractivity contribution in [3.8, 4) is 0 Å². The Labute approximate surface area is 151 Å². The molecule has 1 N–H and O–H groups in total. The average Bonchev–Trinajstić information content (AvgIpc) is 2.68. The number of esters is 1. The second kappa shape index (κ2) is 7.82. The quantitative estimate of drug-likeness (QED) is 0.853. The van der Waals surface area contributed by atoms with E-state index in [1.165, 1.54) is 12.1 Å². The lowest BCUT2D eigenvalue weighted by molar-refractivity contribution is -0.157. The lowest BCUT2D eigenvalue weighted by atomic mass is 9.89. The zero-order valence-electron chi connectivity index (χ0n) is 14.4. The number of methoxy groups -OCH3 is 1. The lowest BCUT2D eigenvalue weighted by Crippen LogP contribution is -2.56. The maximum atomic E-state index is 13.3. The molecule has 0 radical (unpaired) electrons. The van der Waals surface area contributed by atoms with Gasteiger partial charge in [-0.05, 0) is 11.1 Å². The Morgan fingerprint density at radius 3 is 2.08 bits per heavy atom. The van der Waals surface area contributed by atoms with Gasteiger partial charge in [-0.25, -0.2) is 0 Å². The van der Waals surface area contributed by atoms with E-state index in [2.05, 4.69) is 5.43 Å². The van der Waals surface area contributed by atoms with E-state index in [1.54, 1.807) is 0 Å². The van der Waals surface area contributed by atoms with Crippen molar-refractivity contribution in [2.75, 3.05) is 13.7 Å². The van der Waals surface area contributed by atoms with Gasteiger partial charge in [0.2, 0.25) is 5.91 Å². The van der Waals surface area contributed by atoms with Crippen molar-refractivity contribution >= 4 is 17.8 Å². The second-order valence-corrected chi connectivity index (χ2v) is 6.16. The molecule has 0 bridgehead atoms. The summed E-state index contributed by atoms with van der Waals surface area (Å²) in [4.78, 5) is 37.1. The molecule has 1 atom stereocenters. The lowest BCUT2D eigenvalue weighted by Gasteiger charge is -2.34. The van der Waals surface area contributed by atoms with Crippen LogP contribution in [0.2, 0.25) is 0 Å². The van der Waals surface area contributed by atoms with Crippen molar-refractivity contribution < 1.29 is 19.1 Å². The SMILES string of the molecule is COC(=O)C1CC(=O)NN(C(=O)C(c2ccccc2)c2ccccc2)C1. The van der Waals surface area contributed by atoms with Gasteiger partial charge in [0.05, 0.1) is 25.5 Å². The maximum Gasteiger partial charge on any atom is 0.311 e. The molecule has 1 unspecified atom stereocenters. The number of ether oxygens (including phenoxy) is 1.